The van der Waals surface area contributed by atoms with Gasteiger partial charge in [0.05, 0.1) is 0 Å². The number of alkyl halides is 6. The van der Waals surface area contributed by atoms with Gasteiger partial charge in [0, 0.05) is 12.6 Å². The van der Waals surface area contributed by atoms with Crippen LogP contribution in [0.15, 0.2) is 45.5 Å². The van der Waals surface area contributed by atoms with Crippen LogP contribution >= 0.6 is 11.3 Å². The van der Waals surface area contributed by atoms with Gasteiger partial charge in [-0.25, -0.2) is 8.42 Å². The molecule has 1 aliphatic carbocycles. The SMILES string of the molecule is CCN(C1C=CC(C(O)(C(F)(F)F)C(F)(F)F)=CC1)S(=O)(=O)c1cccs1. The Hall–Kier alpha value is -1.37. The maximum absolute atomic E-state index is 12.9. The summed E-state index contributed by atoms with van der Waals surface area (Å²) in [4.78, 5) is 0. The highest BCUT2D eigenvalue weighted by Crippen LogP contribution is 2.48. The number of rotatable bonds is 5. The van der Waals surface area contributed by atoms with Gasteiger partial charge in [0.25, 0.3) is 15.6 Å². The monoisotopic (exact) mass is 435 g/mol. The van der Waals surface area contributed by atoms with E-state index >= 15 is 0 Å². The lowest BCUT2D eigenvalue weighted by molar-refractivity contribution is -0.351. The van der Waals surface area contributed by atoms with Crippen molar-refractivity contribution in [3.8, 4) is 0 Å². The highest BCUT2D eigenvalue weighted by molar-refractivity contribution is 7.91. The van der Waals surface area contributed by atoms with E-state index in [9.17, 15) is 39.9 Å². The van der Waals surface area contributed by atoms with E-state index in [4.69, 9.17) is 0 Å². The maximum atomic E-state index is 12.9. The van der Waals surface area contributed by atoms with Gasteiger partial charge in [0.2, 0.25) is 0 Å². The molecular formula is C15H15F6NO3S2. The number of aliphatic hydroxyl groups is 1. The van der Waals surface area contributed by atoms with Gasteiger partial charge in [-0.05, 0) is 23.4 Å². The summed E-state index contributed by atoms with van der Waals surface area (Å²) < 4.78 is 104. The highest BCUT2D eigenvalue weighted by Gasteiger charge is 2.71. The Morgan fingerprint density at radius 1 is 1.22 bits per heavy atom. The molecule has 0 amide bonds. The first-order valence-electron chi connectivity index (χ1n) is 7.56. The minimum absolute atomic E-state index is 0.00890. The van der Waals surface area contributed by atoms with Gasteiger partial charge < -0.3 is 5.11 Å². The molecule has 1 atom stereocenters. The summed E-state index contributed by atoms with van der Waals surface area (Å²) in [5, 5.41) is 10.9. The summed E-state index contributed by atoms with van der Waals surface area (Å²) in [5.74, 6) is 0. The summed E-state index contributed by atoms with van der Waals surface area (Å²) >= 11 is 0.942. The molecular weight excluding hydrogens is 420 g/mol. The zero-order valence-corrected chi connectivity index (χ0v) is 15.4. The van der Waals surface area contributed by atoms with Crippen LogP contribution in [-0.2, 0) is 10.0 Å². The fourth-order valence-corrected chi connectivity index (χ4v) is 5.41. The Kier molecular flexibility index (Phi) is 5.87. The standard InChI is InChI=1S/C15H15F6NO3S2/c1-2-22(27(24,25)12-4-3-9-26-12)11-7-5-10(6-8-11)13(23,14(16,17)18)15(19,20)21/h3-7,9,11,23H,2,8H2,1H3. The first-order chi connectivity index (χ1) is 12.3. The number of halogens is 6. The minimum Gasteiger partial charge on any atom is -0.370 e. The topological polar surface area (TPSA) is 57.6 Å². The van der Waals surface area contributed by atoms with E-state index in [1.165, 1.54) is 24.4 Å². The molecule has 0 saturated carbocycles. The van der Waals surface area contributed by atoms with Gasteiger partial charge in [-0.1, -0.05) is 31.2 Å². The third-order valence-corrected chi connectivity index (χ3v) is 7.43. The molecule has 0 spiro atoms. The van der Waals surface area contributed by atoms with Crippen molar-refractivity contribution in [3.05, 3.63) is 41.3 Å². The smallest absolute Gasteiger partial charge is 0.370 e. The van der Waals surface area contributed by atoms with Gasteiger partial charge >= 0.3 is 12.4 Å². The first-order valence-corrected chi connectivity index (χ1v) is 9.88. The minimum atomic E-state index is -5.98. The molecule has 1 unspecified atom stereocenters. The van der Waals surface area contributed by atoms with Crippen LogP contribution in [0.25, 0.3) is 0 Å². The predicted molar refractivity (Wildman–Crippen MR) is 86.6 cm³/mol. The summed E-state index contributed by atoms with van der Waals surface area (Å²) in [7, 11) is -3.95. The molecule has 12 heteroatoms. The van der Waals surface area contributed by atoms with Gasteiger partial charge in [0.15, 0.2) is 0 Å². The lowest BCUT2D eigenvalue weighted by Crippen LogP contribution is -2.58. The van der Waals surface area contributed by atoms with Crippen LogP contribution in [0, 0.1) is 0 Å². The summed E-state index contributed by atoms with van der Waals surface area (Å²) in [6.07, 6.45) is -10.4. The zero-order valence-electron chi connectivity index (χ0n) is 13.8. The molecule has 0 saturated heterocycles. The number of sulfonamides is 1. The van der Waals surface area contributed by atoms with E-state index in [2.05, 4.69) is 0 Å². The number of likely N-dealkylation sites (N-methyl/N-ethyl adjacent to an activating group) is 1. The first kappa shape index (κ1) is 21.9. The van der Waals surface area contributed by atoms with Gasteiger partial charge in [-0.3, -0.25) is 0 Å². The molecule has 1 N–H and O–H groups in total. The van der Waals surface area contributed by atoms with Crippen molar-refractivity contribution in [2.24, 2.45) is 0 Å². The average molecular weight is 435 g/mol. The number of hydrogen-bond donors (Lipinski definition) is 1. The molecule has 0 bridgehead atoms. The average Bonchev–Trinajstić information content (AvgIpc) is 3.08. The second kappa shape index (κ2) is 7.22. The van der Waals surface area contributed by atoms with E-state index in [0.717, 1.165) is 21.7 Å². The number of thiophene rings is 1. The second-order valence-electron chi connectivity index (χ2n) is 5.67. The largest absolute Gasteiger partial charge is 0.430 e. The van der Waals surface area contributed by atoms with Crippen molar-refractivity contribution in [3.63, 3.8) is 0 Å². The van der Waals surface area contributed by atoms with Crippen LogP contribution in [0.1, 0.15) is 13.3 Å². The summed E-state index contributed by atoms with van der Waals surface area (Å²) in [6, 6.07) is 1.88. The highest BCUT2D eigenvalue weighted by atomic mass is 32.2. The third kappa shape index (κ3) is 3.80. The van der Waals surface area contributed by atoms with Crippen LogP contribution in [0.2, 0.25) is 0 Å². The van der Waals surface area contributed by atoms with Crippen molar-refractivity contribution >= 4 is 21.4 Å². The van der Waals surface area contributed by atoms with Crippen molar-refractivity contribution in [1.82, 2.24) is 4.31 Å². The van der Waals surface area contributed by atoms with Gasteiger partial charge in [-0.2, -0.15) is 30.6 Å². The van der Waals surface area contributed by atoms with E-state index in [1.807, 2.05) is 0 Å². The van der Waals surface area contributed by atoms with E-state index < -0.39 is 46.0 Å². The molecule has 0 aromatic carbocycles. The van der Waals surface area contributed by atoms with Crippen LogP contribution in [0.5, 0.6) is 0 Å². The summed E-state index contributed by atoms with van der Waals surface area (Å²) in [6.45, 7) is 1.46. The summed E-state index contributed by atoms with van der Waals surface area (Å²) in [5.41, 5.74) is -6.41. The lowest BCUT2D eigenvalue weighted by Gasteiger charge is -2.36. The van der Waals surface area contributed by atoms with Crippen LogP contribution in [0.3, 0.4) is 0 Å². The molecule has 0 fully saturated rings. The lowest BCUT2D eigenvalue weighted by atomic mass is 9.87. The Morgan fingerprint density at radius 2 is 1.81 bits per heavy atom. The van der Waals surface area contributed by atoms with Gasteiger partial charge in [-0.15, -0.1) is 11.3 Å². The maximum Gasteiger partial charge on any atom is 0.430 e. The van der Waals surface area contributed by atoms with Crippen LogP contribution in [-0.4, -0.2) is 48.4 Å². The molecule has 0 aliphatic heterocycles. The Balaban J connectivity index is 2.34. The molecule has 27 heavy (non-hydrogen) atoms. The molecule has 152 valence electrons. The fraction of sp³-hybridized carbons (Fsp3) is 0.467. The number of nitrogens with zero attached hydrogens (tertiary/aromatic N) is 1. The van der Waals surface area contributed by atoms with Crippen LogP contribution < -0.4 is 0 Å². The molecule has 1 aliphatic rings. The van der Waals surface area contributed by atoms with Crippen molar-refractivity contribution in [2.75, 3.05) is 6.54 Å². The Morgan fingerprint density at radius 3 is 2.19 bits per heavy atom. The van der Waals surface area contributed by atoms with E-state index in [1.54, 1.807) is 0 Å². The fourth-order valence-electron chi connectivity index (χ4n) is 2.69. The molecule has 0 radical (unpaired) electrons. The number of hydrogen-bond acceptors (Lipinski definition) is 4. The predicted octanol–water partition coefficient (Wildman–Crippen LogP) is 3.87. The molecule has 4 nitrogen and oxygen atoms in total. The van der Waals surface area contributed by atoms with Crippen molar-refractivity contribution in [2.45, 2.75) is 41.5 Å². The molecule has 1 aromatic rings. The molecule has 1 heterocycles. The zero-order chi connectivity index (χ0) is 20.7. The normalized spacial score (nSPS) is 19.4. The molecule has 2 rings (SSSR count). The van der Waals surface area contributed by atoms with Gasteiger partial charge in [0.1, 0.15) is 4.21 Å². The van der Waals surface area contributed by atoms with E-state index in [-0.39, 0.29) is 10.8 Å². The Bertz CT molecular complexity index is 811. The third-order valence-electron chi connectivity index (χ3n) is 4.06. The quantitative estimate of drug-likeness (QED) is 0.715. The van der Waals surface area contributed by atoms with E-state index in [0.29, 0.717) is 12.2 Å². The molecule has 1 aromatic heterocycles. The Labute approximate surface area is 155 Å². The second-order valence-corrected chi connectivity index (χ2v) is 8.73. The van der Waals surface area contributed by atoms with Crippen molar-refractivity contribution in [1.29, 1.82) is 0 Å². The van der Waals surface area contributed by atoms with Crippen molar-refractivity contribution < 1.29 is 39.9 Å². The van der Waals surface area contributed by atoms with Crippen LogP contribution in [0.4, 0.5) is 26.3 Å².